The Kier molecular flexibility index (Phi) is 9.27. The maximum Gasteiger partial charge on any atom is 0.307 e. The third kappa shape index (κ3) is 7.25. The van der Waals surface area contributed by atoms with Crippen LogP contribution in [0.15, 0.2) is 108 Å². The number of aliphatic carboxylic acids is 2. The fourth-order valence-electron chi connectivity index (χ4n) is 5.41. The van der Waals surface area contributed by atoms with Crippen molar-refractivity contribution in [3.8, 4) is 59.9 Å². The quantitative estimate of drug-likeness (QED) is 0.136. The molecular weight excluding hydrogens is 733 g/mol. The third-order valence-electron chi connectivity index (χ3n) is 7.68. The lowest BCUT2D eigenvalue weighted by atomic mass is 10.1. The number of rotatable bonds is 11. The van der Waals surface area contributed by atoms with Crippen molar-refractivity contribution in [3.05, 3.63) is 114 Å². The standard InChI is InChI=1S/C37H26O6S6/c1-49(42,43)25-9-7-22(8-10-25)27-12-14-29(45-27)33-18-24(20-35(40)41)37(48-33)31-16-15-30(46-31)36-23(19-34(38)39)17-32(47-36)28-13-11-26(44-28)21-5-3-2-4-6-21/h2-18H,19-20H2,1H3,(H,38,39)(H,40,41). The molecule has 0 radical (unpaired) electrons. The van der Waals surface area contributed by atoms with Crippen LogP contribution < -0.4 is 0 Å². The molecule has 0 aliphatic heterocycles. The van der Waals surface area contributed by atoms with Crippen LogP contribution in [0.5, 0.6) is 0 Å². The molecule has 0 aliphatic rings. The van der Waals surface area contributed by atoms with E-state index in [9.17, 15) is 28.2 Å². The van der Waals surface area contributed by atoms with Gasteiger partial charge in [-0.25, -0.2) is 8.42 Å². The highest BCUT2D eigenvalue weighted by Crippen LogP contribution is 2.49. The Balaban J connectivity index is 1.21. The smallest absolute Gasteiger partial charge is 0.307 e. The predicted molar refractivity (Wildman–Crippen MR) is 204 cm³/mol. The van der Waals surface area contributed by atoms with Gasteiger partial charge in [-0.1, -0.05) is 42.5 Å². The van der Waals surface area contributed by atoms with Crippen molar-refractivity contribution in [2.45, 2.75) is 17.7 Å². The topological polar surface area (TPSA) is 109 Å². The summed E-state index contributed by atoms with van der Waals surface area (Å²) in [5.74, 6) is -1.82. The van der Waals surface area contributed by atoms with E-state index in [1.165, 1.54) is 28.9 Å². The molecular formula is C37H26O6S6. The van der Waals surface area contributed by atoms with Gasteiger partial charge >= 0.3 is 11.9 Å². The van der Waals surface area contributed by atoms with Crippen LogP contribution in [0.2, 0.25) is 0 Å². The SMILES string of the molecule is CS(=O)(=O)c1ccc(-c2ccc(-c3cc(CC(=O)O)c(-c4ccc(-c5sc(-c6ccc(-c7ccccc7)s6)cc5CC(=O)O)s4)s3)s2)cc1. The van der Waals surface area contributed by atoms with Crippen molar-refractivity contribution in [1.29, 1.82) is 0 Å². The van der Waals surface area contributed by atoms with Gasteiger partial charge in [0.15, 0.2) is 9.84 Å². The van der Waals surface area contributed by atoms with Crippen molar-refractivity contribution in [1.82, 2.24) is 0 Å². The summed E-state index contributed by atoms with van der Waals surface area (Å²) < 4.78 is 23.8. The molecule has 7 rings (SSSR count). The summed E-state index contributed by atoms with van der Waals surface area (Å²) in [4.78, 5) is 33.8. The highest BCUT2D eigenvalue weighted by molar-refractivity contribution is 7.90. The minimum Gasteiger partial charge on any atom is -0.481 e. The van der Waals surface area contributed by atoms with Crippen LogP contribution in [-0.2, 0) is 32.3 Å². The van der Waals surface area contributed by atoms with E-state index >= 15 is 0 Å². The summed E-state index contributed by atoms with van der Waals surface area (Å²) in [7, 11) is -3.29. The first-order valence-corrected chi connectivity index (χ1v) is 20.8. The number of hydrogen-bond acceptors (Lipinski definition) is 9. The zero-order valence-electron chi connectivity index (χ0n) is 25.7. The third-order valence-corrected chi connectivity index (χ3v) is 15.3. The molecule has 0 saturated heterocycles. The lowest BCUT2D eigenvalue weighted by molar-refractivity contribution is -0.137. The van der Waals surface area contributed by atoms with Crippen LogP contribution in [0.4, 0.5) is 0 Å². The Morgan fingerprint density at radius 1 is 0.510 bits per heavy atom. The number of carbonyl (C=O) groups is 2. The molecule has 0 atom stereocenters. The number of benzene rings is 2. The fourth-order valence-corrected chi connectivity index (χ4v) is 11.9. The van der Waals surface area contributed by atoms with Gasteiger partial charge in [0.05, 0.1) is 17.7 Å². The largest absolute Gasteiger partial charge is 0.481 e. The summed E-state index contributed by atoms with van der Waals surface area (Å²) in [6, 6.07) is 33.0. The van der Waals surface area contributed by atoms with E-state index in [1.54, 1.807) is 58.3 Å². The van der Waals surface area contributed by atoms with Gasteiger partial charge in [0.2, 0.25) is 0 Å². The second-order valence-corrected chi connectivity index (χ2v) is 18.6. The van der Waals surface area contributed by atoms with Crippen LogP contribution in [0.25, 0.3) is 59.9 Å². The lowest BCUT2D eigenvalue weighted by Gasteiger charge is -2.00. The van der Waals surface area contributed by atoms with Gasteiger partial charge in [-0.15, -0.1) is 56.7 Å². The monoisotopic (exact) mass is 758 g/mol. The minimum absolute atomic E-state index is 0.0961. The normalized spacial score (nSPS) is 11.6. The van der Waals surface area contributed by atoms with Crippen molar-refractivity contribution >= 4 is 78.5 Å². The average Bonchev–Trinajstić information content (AvgIpc) is 3.90. The van der Waals surface area contributed by atoms with Crippen molar-refractivity contribution in [2.75, 3.05) is 6.26 Å². The van der Waals surface area contributed by atoms with E-state index in [1.807, 2.05) is 54.6 Å². The summed E-state index contributed by atoms with van der Waals surface area (Å²) in [6.07, 6.45) is 0.963. The van der Waals surface area contributed by atoms with E-state index in [2.05, 4.69) is 24.3 Å². The Morgan fingerprint density at radius 2 is 0.918 bits per heavy atom. The molecule has 6 nitrogen and oxygen atoms in total. The molecule has 246 valence electrons. The molecule has 5 heterocycles. The Morgan fingerprint density at radius 3 is 1.37 bits per heavy atom. The van der Waals surface area contributed by atoms with Gasteiger partial charge in [-0.3, -0.25) is 9.59 Å². The zero-order valence-corrected chi connectivity index (χ0v) is 30.6. The summed E-state index contributed by atoms with van der Waals surface area (Å²) >= 11 is 7.90. The molecule has 0 bridgehead atoms. The van der Waals surface area contributed by atoms with Crippen LogP contribution in [0, 0.1) is 0 Å². The first kappa shape index (κ1) is 33.3. The van der Waals surface area contributed by atoms with E-state index in [-0.39, 0.29) is 17.7 Å². The molecule has 5 aromatic heterocycles. The lowest BCUT2D eigenvalue weighted by Crippen LogP contribution is -1.99. The number of thiophene rings is 5. The molecule has 7 aromatic rings. The van der Waals surface area contributed by atoms with Gasteiger partial charge in [-0.05, 0) is 82.9 Å². The maximum atomic E-state index is 11.9. The first-order valence-electron chi connectivity index (χ1n) is 14.9. The molecule has 0 spiro atoms. The van der Waals surface area contributed by atoms with Crippen molar-refractivity contribution in [2.24, 2.45) is 0 Å². The van der Waals surface area contributed by atoms with E-state index in [0.29, 0.717) is 0 Å². The molecule has 0 fully saturated rings. The maximum absolute atomic E-state index is 11.9. The zero-order chi connectivity index (χ0) is 34.3. The van der Waals surface area contributed by atoms with E-state index in [0.717, 1.165) is 71.0 Å². The fraction of sp³-hybridized carbons (Fsp3) is 0.0811. The van der Waals surface area contributed by atoms with Gasteiger partial charge in [-0.2, -0.15) is 0 Å². The Hall–Kier alpha value is -4.17. The molecule has 0 amide bonds. The van der Waals surface area contributed by atoms with Crippen molar-refractivity contribution in [3.63, 3.8) is 0 Å². The van der Waals surface area contributed by atoms with Crippen molar-refractivity contribution < 1.29 is 28.2 Å². The molecule has 0 aliphatic carbocycles. The number of carboxylic acid groups (broad SMARTS) is 2. The molecule has 2 aromatic carbocycles. The highest BCUT2D eigenvalue weighted by atomic mass is 32.2. The van der Waals surface area contributed by atoms with Gasteiger partial charge in [0.1, 0.15) is 0 Å². The summed E-state index contributed by atoms with van der Waals surface area (Å²) in [6.45, 7) is 0. The highest BCUT2D eigenvalue weighted by Gasteiger charge is 2.21. The van der Waals surface area contributed by atoms with Gasteiger partial charge < -0.3 is 10.2 Å². The van der Waals surface area contributed by atoms with Gasteiger partial charge in [0.25, 0.3) is 0 Å². The predicted octanol–water partition coefficient (Wildman–Crippen LogP) is 10.7. The van der Waals surface area contributed by atoms with E-state index in [4.69, 9.17) is 0 Å². The minimum atomic E-state index is -3.29. The molecule has 49 heavy (non-hydrogen) atoms. The second kappa shape index (κ2) is 13.6. The Labute approximate surface area is 302 Å². The van der Waals surface area contributed by atoms with Crippen LogP contribution in [0.1, 0.15) is 11.1 Å². The summed E-state index contributed by atoms with van der Waals surface area (Å²) in [5, 5.41) is 19.5. The van der Waals surface area contributed by atoms with Crippen LogP contribution >= 0.6 is 56.7 Å². The molecule has 0 unspecified atom stereocenters. The van der Waals surface area contributed by atoms with Crippen LogP contribution in [-0.4, -0.2) is 36.8 Å². The molecule has 2 N–H and O–H groups in total. The van der Waals surface area contributed by atoms with Gasteiger partial charge in [0, 0.05) is 55.0 Å². The second-order valence-electron chi connectivity index (χ2n) is 11.2. The first-order chi connectivity index (χ1) is 23.5. The molecule has 0 saturated carbocycles. The molecule has 12 heteroatoms. The van der Waals surface area contributed by atoms with Crippen LogP contribution in [0.3, 0.4) is 0 Å². The Bertz CT molecular complexity index is 2420. The number of hydrogen-bond donors (Lipinski definition) is 2. The number of carboxylic acids is 2. The van der Waals surface area contributed by atoms with E-state index < -0.39 is 21.8 Å². The number of sulfone groups is 1. The average molecular weight is 759 g/mol. The summed E-state index contributed by atoms with van der Waals surface area (Å²) in [5.41, 5.74) is 3.51.